The molecular formula is C15H30N3P2-. The summed E-state index contributed by atoms with van der Waals surface area (Å²) in [5.41, 5.74) is 4.57. The summed E-state index contributed by atoms with van der Waals surface area (Å²) in [7, 11) is 2.90. The molecule has 1 aromatic heterocycles. The van der Waals surface area contributed by atoms with Gasteiger partial charge in [0.15, 0.2) is 0 Å². The molecule has 1 aromatic rings. The Balaban J connectivity index is 3.31. The van der Waals surface area contributed by atoms with E-state index in [1.165, 1.54) is 32.3 Å². The fourth-order valence-electron chi connectivity index (χ4n) is 2.58. The lowest BCUT2D eigenvalue weighted by Gasteiger charge is -2.35. The Hall–Kier alpha value is -0.390. The molecule has 116 valence electrons. The van der Waals surface area contributed by atoms with E-state index in [1.807, 2.05) is 0 Å². The molecule has 0 amide bonds. The molecule has 0 atom stereocenters. The van der Waals surface area contributed by atoms with Crippen LogP contribution in [0.15, 0.2) is 0 Å². The number of rotatable bonds is 9. The third kappa shape index (κ3) is 3.62. The third-order valence-corrected chi connectivity index (χ3v) is 6.77. The summed E-state index contributed by atoms with van der Waals surface area (Å²) in [4.78, 5) is 7.59. The van der Waals surface area contributed by atoms with Crippen molar-refractivity contribution >= 4 is 32.3 Å². The van der Waals surface area contributed by atoms with Gasteiger partial charge in [0, 0.05) is 39.3 Å². The van der Waals surface area contributed by atoms with Crippen molar-refractivity contribution in [2.45, 2.75) is 41.5 Å². The molecule has 3 nitrogen and oxygen atoms in total. The van der Waals surface area contributed by atoms with Crippen molar-refractivity contribution in [1.29, 1.82) is 0 Å². The first-order valence-corrected chi connectivity index (χ1v) is 10.5. The topological polar surface area (TPSA) is 9.72 Å². The van der Waals surface area contributed by atoms with Crippen LogP contribution in [-0.4, -0.2) is 39.3 Å². The van der Waals surface area contributed by atoms with E-state index in [2.05, 4.69) is 56.2 Å². The lowest BCUT2D eigenvalue weighted by molar-refractivity contribution is 0.827. The highest BCUT2D eigenvalue weighted by molar-refractivity contribution is 7.94. The molecule has 0 aliphatic rings. The van der Waals surface area contributed by atoms with Crippen molar-refractivity contribution in [3.05, 3.63) is 0 Å². The fraction of sp³-hybridized carbons (Fsp3) is 0.800. The van der Waals surface area contributed by atoms with Crippen molar-refractivity contribution in [3.8, 4) is 0 Å². The maximum atomic E-state index is 2.54. The van der Waals surface area contributed by atoms with Gasteiger partial charge in [-0.05, 0) is 41.5 Å². The molecule has 0 bridgehead atoms. The van der Waals surface area contributed by atoms with Crippen LogP contribution in [0.5, 0.6) is 0 Å². The summed E-state index contributed by atoms with van der Waals surface area (Å²) in [6.45, 7) is 20.2. The Morgan fingerprint density at radius 2 is 1.15 bits per heavy atom. The molecule has 5 heteroatoms. The molecule has 0 fully saturated rings. The van der Waals surface area contributed by atoms with E-state index < -0.39 is 0 Å². The smallest absolute Gasteiger partial charge is 0.0539 e. The molecule has 1 rings (SSSR count). The van der Waals surface area contributed by atoms with Crippen LogP contribution in [0, 0.1) is 0 Å². The highest BCUT2D eigenvalue weighted by atomic mass is 31.8. The van der Waals surface area contributed by atoms with Gasteiger partial charge in [-0.1, -0.05) is 5.42 Å². The SMILES string of the molecule is CCN(CC)c1p[p-]c(N(CC)CC)c1N(CC)CC. The minimum absolute atomic E-state index is 1.09. The first-order chi connectivity index (χ1) is 9.68. The Morgan fingerprint density at radius 1 is 0.700 bits per heavy atom. The van der Waals surface area contributed by atoms with Crippen molar-refractivity contribution in [3.63, 3.8) is 0 Å². The summed E-state index contributed by atoms with van der Waals surface area (Å²) < 4.78 is 0. The summed E-state index contributed by atoms with van der Waals surface area (Å²) in [6.07, 6.45) is 0. The summed E-state index contributed by atoms with van der Waals surface area (Å²) >= 11 is 0. The molecule has 1 heterocycles. The zero-order valence-corrected chi connectivity index (χ0v) is 15.8. The molecule has 0 N–H and O–H groups in total. The van der Waals surface area contributed by atoms with Crippen LogP contribution in [0.25, 0.3) is 0 Å². The zero-order valence-electron chi connectivity index (χ0n) is 14.0. The van der Waals surface area contributed by atoms with Crippen molar-refractivity contribution in [1.82, 2.24) is 0 Å². The second kappa shape index (κ2) is 8.80. The fourth-order valence-corrected chi connectivity index (χ4v) is 6.26. The second-order valence-electron chi connectivity index (χ2n) is 4.71. The Kier molecular flexibility index (Phi) is 7.77. The maximum absolute atomic E-state index is 2.54. The van der Waals surface area contributed by atoms with Crippen LogP contribution >= 0.6 is 15.7 Å². The Bertz CT molecular complexity index is 351. The van der Waals surface area contributed by atoms with Crippen LogP contribution in [0.1, 0.15) is 41.5 Å². The van der Waals surface area contributed by atoms with Gasteiger partial charge < -0.3 is 22.6 Å². The summed E-state index contributed by atoms with van der Waals surface area (Å²) in [5.74, 6) is 0. The lowest BCUT2D eigenvalue weighted by Crippen LogP contribution is -2.29. The van der Waals surface area contributed by atoms with Gasteiger partial charge in [-0.25, -0.2) is 7.87 Å². The quantitative estimate of drug-likeness (QED) is 0.627. The highest BCUT2D eigenvalue weighted by Gasteiger charge is 2.15. The van der Waals surface area contributed by atoms with E-state index in [-0.39, 0.29) is 0 Å². The highest BCUT2D eigenvalue weighted by Crippen LogP contribution is 2.55. The van der Waals surface area contributed by atoms with Gasteiger partial charge in [-0.15, -0.1) is 0 Å². The molecular weight excluding hydrogens is 284 g/mol. The van der Waals surface area contributed by atoms with E-state index >= 15 is 0 Å². The van der Waals surface area contributed by atoms with Gasteiger partial charge >= 0.3 is 0 Å². The summed E-state index contributed by atoms with van der Waals surface area (Å²) in [5, 5.41) is 0. The molecule has 0 aliphatic heterocycles. The second-order valence-corrected chi connectivity index (χ2v) is 7.16. The standard InChI is InChI=1S/C15H30N3P2/c1-7-16(8-2)13-14(17(9-3)10-4)19-20-15(13)18(11-5)12-6/h7-12H2,1-6H3/q-1. The van der Waals surface area contributed by atoms with E-state index in [0.29, 0.717) is 0 Å². The Morgan fingerprint density at radius 3 is 1.55 bits per heavy atom. The van der Waals surface area contributed by atoms with Crippen molar-refractivity contribution in [2.75, 3.05) is 54.0 Å². The van der Waals surface area contributed by atoms with Crippen molar-refractivity contribution in [2.24, 2.45) is 0 Å². The predicted molar refractivity (Wildman–Crippen MR) is 97.7 cm³/mol. The molecule has 0 saturated heterocycles. The van der Waals surface area contributed by atoms with Gasteiger partial charge in [0.1, 0.15) is 0 Å². The number of nitrogens with zero attached hydrogens (tertiary/aromatic N) is 3. The monoisotopic (exact) mass is 314 g/mol. The molecule has 0 unspecified atom stereocenters. The number of hydrogen-bond acceptors (Lipinski definition) is 3. The van der Waals surface area contributed by atoms with E-state index in [9.17, 15) is 0 Å². The molecule has 0 radical (unpaired) electrons. The van der Waals surface area contributed by atoms with Gasteiger partial charge in [0.25, 0.3) is 0 Å². The van der Waals surface area contributed by atoms with Crippen molar-refractivity contribution < 1.29 is 0 Å². The molecule has 0 aromatic carbocycles. The van der Waals surface area contributed by atoms with Gasteiger partial charge in [-0.2, -0.15) is 0 Å². The maximum Gasteiger partial charge on any atom is 0.0539 e. The van der Waals surface area contributed by atoms with Gasteiger partial charge in [-0.3, -0.25) is 0 Å². The van der Waals surface area contributed by atoms with Crippen LogP contribution in [0.3, 0.4) is 0 Å². The largest absolute Gasteiger partial charge is 0.467 e. The first kappa shape index (κ1) is 17.7. The summed E-state index contributed by atoms with van der Waals surface area (Å²) in [6, 6.07) is 0. The minimum atomic E-state index is 1.09. The van der Waals surface area contributed by atoms with Gasteiger partial charge in [0.05, 0.1) is 11.1 Å². The molecule has 0 saturated carbocycles. The predicted octanol–water partition coefficient (Wildman–Crippen LogP) is 5.10. The molecule has 20 heavy (non-hydrogen) atoms. The minimum Gasteiger partial charge on any atom is -0.467 e. The van der Waals surface area contributed by atoms with Crippen LogP contribution < -0.4 is 14.7 Å². The van der Waals surface area contributed by atoms with E-state index in [1.54, 1.807) is 0 Å². The van der Waals surface area contributed by atoms with Gasteiger partial charge in [0.2, 0.25) is 0 Å². The number of hydrogen-bond donors (Lipinski definition) is 0. The van der Waals surface area contributed by atoms with E-state index in [4.69, 9.17) is 0 Å². The Labute approximate surface area is 128 Å². The number of anilines is 3. The first-order valence-electron chi connectivity index (χ1n) is 7.96. The average Bonchev–Trinajstić information content (AvgIpc) is 2.88. The average molecular weight is 314 g/mol. The van der Waals surface area contributed by atoms with Crippen LogP contribution in [0.2, 0.25) is 0 Å². The van der Waals surface area contributed by atoms with E-state index in [0.717, 1.165) is 39.3 Å². The molecule has 0 aliphatic carbocycles. The lowest BCUT2D eigenvalue weighted by atomic mass is 10.3. The molecule has 0 spiro atoms. The zero-order chi connectivity index (χ0) is 15.1. The normalized spacial score (nSPS) is 11.5. The van der Waals surface area contributed by atoms with Crippen LogP contribution in [0.4, 0.5) is 16.5 Å². The van der Waals surface area contributed by atoms with Crippen LogP contribution in [-0.2, 0) is 0 Å². The third-order valence-electron chi connectivity index (χ3n) is 3.87.